The molecular formula is C16H20N2O. The fraction of sp³-hybridized carbons (Fsp3) is 0.312. The number of aromatic nitrogens is 2. The summed E-state index contributed by atoms with van der Waals surface area (Å²) in [6, 6.07) is 10.0. The predicted octanol–water partition coefficient (Wildman–Crippen LogP) is 3.40. The van der Waals surface area contributed by atoms with Crippen molar-refractivity contribution < 1.29 is 5.11 Å². The monoisotopic (exact) mass is 256 g/mol. The normalized spacial score (nSPS) is 13.1. The van der Waals surface area contributed by atoms with Gasteiger partial charge >= 0.3 is 0 Å². The van der Waals surface area contributed by atoms with E-state index in [0.717, 1.165) is 17.0 Å². The van der Waals surface area contributed by atoms with Crippen LogP contribution in [0.15, 0.2) is 36.4 Å². The molecule has 0 spiro atoms. The van der Waals surface area contributed by atoms with Gasteiger partial charge in [0.05, 0.1) is 11.8 Å². The van der Waals surface area contributed by atoms with Crippen LogP contribution in [0.4, 0.5) is 0 Å². The van der Waals surface area contributed by atoms with E-state index in [4.69, 9.17) is 0 Å². The SMILES string of the molecule is Cc1ccc(C(O)C/C=C\n2nc(C)cc2C)cc1. The van der Waals surface area contributed by atoms with Crippen molar-refractivity contribution in [2.75, 3.05) is 0 Å². The van der Waals surface area contributed by atoms with Gasteiger partial charge in [0.2, 0.25) is 0 Å². The summed E-state index contributed by atoms with van der Waals surface area (Å²) in [7, 11) is 0. The summed E-state index contributed by atoms with van der Waals surface area (Å²) in [5.41, 5.74) is 4.25. The molecule has 1 unspecified atom stereocenters. The number of rotatable bonds is 4. The molecule has 0 saturated carbocycles. The fourth-order valence-corrected chi connectivity index (χ4v) is 2.01. The summed E-state index contributed by atoms with van der Waals surface area (Å²) in [5.74, 6) is 0. The van der Waals surface area contributed by atoms with Crippen LogP contribution in [0.1, 0.15) is 35.0 Å². The van der Waals surface area contributed by atoms with Crippen molar-refractivity contribution in [3.05, 3.63) is 58.9 Å². The van der Waals surface area contributed by atoms with Gasteiger partial charge in [-0.15, -0.1) is 0 Å². The van der Waals surface area contributed by atoms with Crippen molar-refractivity contribution >= 4 is 6.20 Å². The Kier molecular flexibility index (Phi) is 4.17. The first-order valence-electron chi connectivity index (χ1n) is 6.50. The second-order valence-corrected chi connectivity index (χ2v) is 4.92. The Morgan fingerprint density at radius 1 is 1.21 bits per heavy atom. The van der Waals surface area contributed by atoms with Crippen molar-refractivity contribution in [3.8, 4) is 0 Å². The third-order valence-electron chi connectivity index (χ3n) is 3.11. The fourth-order valence-electron chi connectivity index (χ4n) is 2.01. The van der Waals surface area contributed by atoms with E-state index in [9.17, 15) is 5.11 Å². The van der Waals surface area contributed by atoms with E-state index in [1.165, 1.54) is 5.56 Å². The highest BCUT2D eigenvalue weighted by molar-refractivity contribution is 5.28. The average molecular weight is 256 g/mol. The van der Waals surface area contributed by atoms with Crippen molar-refractivity contribution in [1.29, 1.82) is 0 Å². The van der Waals surface area contributed by atoms with E-state index in [2.05, 4.69) is 5.10 Å². The molecule has 3 nitrogen and oxygen atoms in total. The summed E-state index contributed by atoms with van der Waals surface area (Å²) in [6.07, 6.45) is 3.97. The van der Waals surface area contributed by atoms with Gasteiger partial charge in [-0.3, -0.25) is 0 Å². The Labute approximate surface area is 114 Å². The Morgan fingerprint density at radius 3 is 2.47 bits per heavy atom. The first kappa shape index (κ1) is 13.6. The minimum atomic E-state index is -0.464. The molecular weight excluding hydrogens is 236 g/mol. The maximum Gasteiger partial charge on any atom is 0.0825 e. The van der Waals surface area contributed by atoms with Gasteiger partial charge in [0.15, 0.2) is 0 Å². The Bertz CT molecular complexity index is 567. The number of nitrogens with zero attached hydrogens (tertiary/aromatic N) is 2. The van der Waals surface area contributed by atoms with E-state index in [1.54, 1.807) is 0 Å². The van der Waals surface area contributed by atoms with Crippen LogP contribution in [0.25, 0.3) is 6.20 Å². The van der Waals surface area contributed by atoms with Gasteiger partial charge in [-0.2, -0.15) is 5.10 Å². The topological polar surface area (TPSA) is 38.0 Å². The van der Waals surface area contributed by atoms with Gasteiger partial charge in [-0.25, -0.2) is 4.68 Å². The van der Waals surface area contributed by atoms with Crippen molar-refractivity contribution in [1.82, 2.24) is 9.78 Å². The number of aryl methyl sites for hydroxylation is 3. The van der Waals surface area contributed by atoms with Gasteiger partial charge in [0.25, 0.3) is 0 Å². The van der Waals surface area contributed by atoms with Crippen molar-refractivity contribution in [2.45, 2.75) is 33.3 Å². The molecule has 2 rings (SSSR count). The van der Waals surface area contributed by atoms with Crippen LogP contribution in [0.5, 0.6) is 0 Å². The Morgan fingerprint density at radius 2 is 1.89 bits per heavy atom. The van der Waals surface area contributed by atoms with Gasteiger partial charge in [0, 0.05) is 11.9 Å². The summed E-state index contributed by atoms with van der Waals surface area (Å²) in [6.45, 7) is 6.03. The maximum atomic E-state index is 10.1. The molecule has 1 N–H and O–H groups in total. The van der Waals surface area contributed by atoms with Crippen molar-refractivity contribution in [3.63, 3.8) is 0 Å². The lowest BCUT2D eigenvalue weighted by atomic mass is 10.1. The van der Waals surface area contributed by atoms with E-state index in [1.807, 2.05) is 68.1 Å². The highest BCUT2D eigenvalue weighted by Gasteiger charge is 2.04. The highest BCUT2D eigenvalue weighted by atomic mass is 16.3. The molecule has 0 aliphatic heterocycles. The quantitative estimate of drug-likeness (QED) is 0.910. The van der Waals surface area contributed by atoms with Gasteiger partial charge < -0.3 is 5.11 Å². The molecule has 2 aromatic rings. The first-order chi connectivity index (χ1) is 9.06. The van der Waals surface area contributed by atoms with E-state index < -0.39 is 6.10 Å². The largest absolute Gasteiger partial charge is 0.388 e. The Balaban J connectivity index is 1.98. The Hall–Kier alpha value is -1.87. The molecule has 0 aliphatic rings. The smallest absolute Gasteiger partial charge is 0.0825 e. The average Bonchev–Trinajstić information content (AvgIpc) is 2.68. The zero-order valence-corrected chi connectivity index (χ0v) is 11.7. The number of aliphatic hydroxyl groups is 1. The van der Waals surface area contributed by atoms with E-state index in [-0.39, 0.29) is 0 Å². The molecule has 3 heteroatoms. The van der Waals surface area contributed by atoms with Crippen molar-refractivity contribution in [2.24, 2.45) is 0 Å². The van der Waals surface area contributed by atoms with Crippen LogP contribution in [0, 0.1) is 20.8 Å². The predicted molar refractivity (Wildman–Crippen MR) is 77.8 cm³/mol. The first-order valence-corrected chi connectivity index (χ1v) is 6.50. The molecule has 19 heavy (non-hydrogen) atoms. The zero-order chi connectivity index (χ0) is 13.8. The standard InChI is InChI=1S/C16H20N2O/c1-12-6-8-15(9-7-12)16(19)5-4-10-18-14(3)11-13(2)17-18/h4,6-11,16,19H,5H2,1-3H3/b10-4-. The molecule has 1 heterocycles. The number of hydrogen-bond acceptors (Lipinski definition) is 2. The lowest BCUT2D eigenvalue weighted by Gasteiger charge is -2.08. The van der Waals surface area contributed by atoms with Crippen LogP contribution >= 0.6 is 0 Å². The molecule has 0 bridgehead atoms. The molecule has 1 aromatic heterocycles. The molecule has 0 aliphatic carbocycles. The molecule has 0 radical (unpaired) electrons. The third kappa shape index (κ3) is 3.55. The third-order valence-corrected chi connectivity index (χ3v) is 3.11. The van der Waals surface area contributed by atoms with E-state index in [0.29, 0.717) is 6.42 Å². The lowest BCUT2D eigenvalue weighted by Crippen LogP contribution is -1.97. The van der Waals surface area contributed by atoms with Gasteiger partial charge in [0.1, 0.15) is 0 Å². The van der Waals surface area contributed by atoms with Crippen LogP contribution in [-0.2, 0) is 0 Å². The van der Waals surface area contributed by atoms with Gasteiger partial charge in [-0.1, -0.05) is 35.9 Å². The summed E-state index contributed by atoms with van der Waals surface area (Å²) in [4.78, 5) is 0. The summed E-state index contributed by atoms with van der Waals surface area (Å²) < 4.78 is 1.83. The summed E-state index contributed by atoms with van der Waals surface area (Å²) >= 11 is 0. The minimum Gasteiger partial charge on any atom is -0.388 e. The molecule has 1 aromatic carbocycles. The second-order valence-electron chi connectivity index (χ2n) is 4.92. The van der Waals surface area contributed by atoms with E-state index >= 15 is 0 Å². The van der Waals surface area contributed by atoms with Crippen LogP contribution in [0.3, 0.4) is 0 Å². The molecule has 0 amide bonds. The minimum absolute atomic E-state index is 0.464. The lowest BCUT2D eigenvalue weighted by molar-refractivity contribution is 0.181. The maximum absolute atomic E-state index is 10.1. The van der Waals surface area contributed by atoms with Crippen LogP contribution in [-0.4, -0.2) is 14.9 Å². The summed E-state index contributed by atoms with van der Waals surface area (Å²) in [5, 5.41) is 14.4. The molecule has 1 atom stereocenters. The highest BCUT2D eigenvalue weighted by Crippen LogP contribution is 2.17. The molecule has 0 fully saturated rings. The van der Waals surface area contributed by atoms with Crippen LogP contribution in [0.2, 0.25) is 0 Å². The van der Waals surface area contributed by atoms with Crippen LogP contribution < -0.4 is 0 Å². The molecule has 100 valence electrons. The zero-order valence-electron chi connectivity index (χ0n) is 11.7. The number of hydrogen-bond donors (Lipinski definition) is 1. The van der Waals surface area contributed by atoms with Gasteiger partial charge in [-0.05, 0) is 38.8 Å². The number of aliphatic hydroxyl groups excluding tert-OH is 1. The second kappa shape index (κ2) is 5.85. The molecule has 0 saturated heterocycles. The number of benzene rings is 1.